The molecule has 4 aromatic rings. The van der Waals surface area contributed by atoms with E-state index in [0.717, 1.165) is 16.0 Å². The highest BCUT2D eigenvalue weighted by atomic mass is 32.2. The largest absolute Gasteiger partial charge is 0.317 e. The second-order valence-corrected chi connectivity index (χ2v) is 7.99. The van der Waals surface area contributed by atoms with E-state index in [4.69, 9.17) is 5.26 Å². The molecule has 9 heteroatoms. The van der Waals surface area contributed by atoms with E-state index in [1.165, 1.54) is 50.3 Å². The summed E-state index contributed by atoms with van der Waals surface area (Å²) in [6, 6.07) is 11.4. The predicted octanol–water partition coefficient (Wildman–Crippen LogP) is 3.77. The van der Waals surface area contributed by atoms with Gasteiger partial charge in [-0.2, -0.15) is 20.7 Å². The molecule has 0 saturated carbocycles. The molecular formula is C22H20N8S. The van der Waals surface area contributed by atoms with Crippen LogP contribution in [0.3, 0.4) is 0 Å². The molecule has 4 aromatic heterocycles. The van der Waals surface area contributed by atoms with Crippen molar-refractivity contribution in [3.05, 3.63) is 60.3 Å². The zero-order chi connectivity index (χ0) is 21.5. The molecule has 0 radical (unpaired) electrons. The summed E-state index contributed by atoms with van der Waals surface area (Å²) in [6.45, 7) is 2.50. The van der Waals surface area contributed by atoms with Gasteiger partial charge in [-0.05, 0) is 44.1 Å². The van der Waals surface area contributed by atoms with Crippen LogP contribution in [0.15, 0.2) is 59.0 Å². The van der Waals surface area contributed by atoms with Gasteiger partial charge in [0.1, 0.15) is 22.9 Å². The number of H-pyrrole nitrogens is 1. The van der Waals surface area contributed by atoms with E-state index in [-0.39, 0.29) is 0 Å². The van der Waals surface area contributed by atoms with Crippen molar-refractivity contribution >= 4 is 17.3 Å². The Balaban J connectivity index is 0.000000334. The Bertz CT molecular complexity index is 1230. The third kappa shape index (κ3) is 4.92. The minimum absolute atomic E-state index is 0.348. The first-order valence-electron chi connectivity index (χ1n) is 9.95. The summed E-state index contributed by atoms with van der Waals surface area (Å²) in [7, 11) is 0. The Hall–Kier alpha value is -3.66. The number of fused-ring (bicyclic) bond motifs is 1. The molecule has 1 saturated heterocycles. The van der Waals surface area contributed by atoms with Gasteiger partial charge in [0.2, 0.25) is 0 Å². The molecule has 0 amide bonds. The summed E-state index contributed by atoms with van der Waals surface area (Å²) in [4.78, 5) is 5.13. The summed E-state index contributed by atoms with van der Waals surface area (Å²) >= 11 is 1.39. The molecule has 31 heavy (non-hydrogen) atoms. The highest BCUT2D eigenvalue weighted by Gasteiger charge is 2.14. The van der Waals surface area contributed by atoms with E-state index in [1.807, 2.05) is 24.4 Å². The zero-order valence-corrected chi connectivity index (χ0v) is 17.6. The molecule has 0 spiro atoms. The Morgan fingerprint density at radius 1 is 1.03 bits per heavy atom. The molecule has 5 heterocycles. The van der Waals surface area contributed by atoms with Crippen LogP contribution in [0, 0.1) is 22.7 Å². The molecule has 0 aromatic carbocycles. The molecule has 0 bridgehead atoms. The lowest BCUT2D eigenvalue weighted by Crippen LogP contribution is -2.21. The smallest absolute Gasteiger partial charge is 0.141 e. The van der Waals surface area contributed by atoms with E-state index in [0.29, 0.717) is 21.8 Å². The van der Waals surface area contributed by atoms with Crippen LogP contribution in [-0.2, 0) is 0 Å². The first-order valence-corrected chi connectivity index (χ1v) is 10.8. The van der Waals surface area contributed by atoms with E-state index in [2.05, 4.69) is 31.7 Å². The maximum atomic E-state index is 9.36. The quantitative estimate of drug-likeness (QED) is 0.510. The molecule has 5 rings (SSSR count). The van der Waals surface area contributed by atoms with Gasteiger partial charge in [0, 0.05) is 28.4 Å². The number of aromatic nitrogens is 5. The molecule has 1 fully saturated rings. The maximum absolute atomic E-state index is 9.36. The van der Waals surface area contributed by atoms with Crippen molar-refractivity contribution in [2.75, 3.05) is 13.1 Å². The molecule has 0 aliphatic carbocycles. The first kappa shape index (κ1) is 20.6. The van der Waals surface area contributed by atoms with Crippen LogP contribution in [0.5, 0.6) is 0 Å². The maximum Gasteiger partial charge on any atom is 0.141 e. The number of nitrogens with zero attached hydrogens (tertiary/aromatic N) is 6. The van der Waals surface area contributed by atoms with Crippen molar-refractivity contribution in [2.45, 2.75) is 29.2 Å². The van der Waals surface area contributed by atoms with Crippen molar-refractivity contribution in [1.82, 2.24) is 30.1 Å². The van der Waals surface area contributed by atoms with Gasteiger partial charge in [-0.25, -0.2) is 9.50 Å². The van der Waals surface area contributed by atoms with Crippen LogP contribution in [0.2, 0.25) is 0 Å². The van der Waals surface area contributed by atoms with Gasteiger partial charge in [-0.3, -0.25) is 5.10 Å². The molecule has 1 aliphatic heterocycles. The molecule has 0 unspecified atom stereocenters. The van der Waals surface area contributed by atoms with Crippen molar-refractivity contribution in [3.63, 3.8) is 0 Å². The average molecular weight is 429 g/mol. The van der Waals surface area contributed by atoms with E-state index in [9.17, 15) is 5.26 Å². The van der Waals surface area contributed by atoms with Crippen LogP contribution in [0.25, 0.3) is 16.6 Å². The molecule has 154 valence electrons. The summed E-state index contributed by atoms with van der Waals surface area (Å²) in [5, 5.41) is 33.4. The topological polar surface area (TPSA) is 118 Å². The number of nitriles is 2. The number of nitrogens with one attached hydrogen (secondary N) is 2. The second kappa shape index (κ2) is 9.90. The predicted molar refractivity (Wildman–Crippen MR) is 117 cm³/mol. The van der Waals surface area contributed by atoms with Crippen molar-refractivity contribution in [3.8, 4) is 23.3 Å². The molecule has 1 aliphatic rings. The molecule has 2 N–H and O–H groups in total. The number of hydrogen-bond donors (Lipinski definition) is 2. The van der Waals surface area contributed by atoms with Gasteiger partial charge in [0.15, 0.2) is 0 Å². The Labute approximate surface area is 183 Å². The third-order valence-corrected chi connectivity index (χ3v) is 5.76. The number of rotatable bonds is 3. The fourth-order valence-corrected chi connectivity index (χ4v) is 4.26. The fraction of sp³-hybridized carbons (Fsp3) is 0.227. The van der Waals surface area contributed by atoms with Crippen LogP contribution < -0.4 is 5.32 Å². The van der Waals surface area contributed by atoms with Crippen LogP contribution >= 0.6 is 11.8 Å². The van der Waals surface area contributed by atoms with Crippen LogP contribution in [0.4, 0.5) is 0 Å². The van der Waals surface area contributed by atoms with Crippen LogP contribution in [0.1, 0.15) is 30.5 Å². The second-order valence-electron chi connectivity index (χ2n) is 6.93. The highest BCUT2D eigenvalue weighted by Crippen LogP contribution is 2.34. The van der Waals surface area contributed by atoms with Crippen molar-refractivity contribution in [2.24, 2.45) is 0 Å². The molecule has 0 atom stereocenters. The summed E-state index contributed by atoms with van der Waals surface area (Å²) in [5.74, 6) is 0. The first-order chi connectivity index (χ1) is 15.3. The average Bonchev–Trinajstić information content (AvgIpc) is 3.51. The van der Waals surface area contributed by atoms with Crippen molar-refractivity contribution < 1.29 is 0 Å². The lowest BCUT2D eigenvalue weighted by molar-refractivity contribution is 0.520. The van der Waals surface area contributed by atoms with Gasteiger partial charge in [0.05, 0.1) is 23.5 Å². The fourth-order valence-electron chi connectivity index (χ4n) is 3.26. The Kier molecular flexibility index (Phi) is 6.58. The number of hydrogen-bond acceptors (Lipinski definition) is 7. The third-order valence-electron chi connectivity index (χ3n) is 4.79. The molecule has 8 nitrogen and oxygen atoms in total. The summed E-state index contributed by atoms with van der Waals surface area (Å²) < 4.78 is 1.68. The van der Waals surface area contributed by atoms with E-state index >= 15 is 0 Å². The SMILES string of the molecule is C1CCNCC1.N#Cc1cccc(Sc2cc(-c3cn[nH]c3)cn3ncc(C#N)c23)n1. The van der Waals surface area contributed by atoms with Gasteiger partial charge < -0.3 is 5.32 Å². The lowest BCUT2D eigenvalue weighted by Gasteiger charge is -2.08. The van der Waals surface area contributed by atoms with E-state index < -0.39 is 0 Å². The van der Waals surface area contributed by atoms with Crippen LogP contribution in [-0.4, -0.2) is 37.9 Å². The normalized spacial score (nSPS) is 13.1. The number of aromatic amines is 1. The Morgan fingerprint density at radius 2 is 1.90 bits per heavy atom. The Morgan fingerprint density at radius 3 is 2.55 bits per heavy atom. The standard InChI is InChI=1S/C17H9N7S.C5H11N/c18-5-12-9-22-24-10-11(13-7-20-21-8-13)4-15(17(12)24)25-16-3-1-2-14(6-19)23-16;1-2-4-6-5-3-1/h1-4,7-10H,(H,20,21);6H,1-5H2. The summed E-state index contributed by atoms with van der Waals surface area (Å²) in [6.07, 6.45) is 11.1. The zero-order valence-electron chi connectivity index (χ0n) is 16.7. The summed E-state index contributed by atoms with van der Waals surface area (Å²) in [5.41, 5.74) is 3.37. The molecular weight excluding hydrogens is 408 g/mol. The monoisotopic (exact) mass is 428 g/mol. The van der Waals surface area contributed by atoms with E-state index in [1.54, 1.807) is 29.0 Å². The van der Waals surface area contributed by atoms with Gasteiger partial charge >= 0.3 is 0 Å². The minimum atomic E-state index is 0.348. The van der Waals surface area contributed by atoms with Gasteiger partial charge in [-0.1, -0.05) is 24.2 Å². The van der Waals surface area contributed by atoms with Gasteiger partial charge in [-0.15, -0.1) is 0 Å². The number of piperidine rings is 1. The highest BCUT2D eigenvalue weighted by molar-refractivity contribution is 7.99. The van der Waals surface area contributed by atoms with Gasteiger partial charge in [0.25, 0.3) is 0 Å². The van der Waals surface area contributed by atoms with Crippen molar-refractivity contribution in [1.29, 1.82) is 10.5 Å². The lowest BCUT2D eigenvalue weighted by atomic mass is 10.1. The number of pyridine rings is 2. The minimum Gasteiger partial charge on any atom is -0.317 e.